The summed E-state index contributed by atoms with van der Waals surface area (Å²) < 4.78 is 0.953. The molecule has 0 unspecified atom stereocenters. The Balaban J connectivity index is 1.56. The molecule has 132 valence electrons. The molecule has 0 saturated carbocycles. The summed E-state index contributed by atoms with van der Waals surface area (Å²) in [4.78, 5) is 13.6. The molecule has 1 atom stereocenters. The number of carbonyl (C=O) groups is 1. The Kier molecular flexibility index (Phi) is 5.76. The number of phenols is 1. The van der Waals surface area contributed by atoms with Crippen LogP contribution in [0.1, 0.15) is 42.5 Å². The summed E-state index contributed by atoms with van der Waals surface area (Å²) in [5.74, 6) is 0.558. The van der Waals surface area contributed by atoms with Gasteiger partial charge in [0.15, 0.2) is 0 Å². The van der Waals surface area contributed by atoms with E-state index in [1.54, 1.807) is 6.07 Å². The fraction of sp³-hybridized carbons (Fsp3) is 0.350. The first-order valence-electron chi connectivity index (χ1n) is 8.60. The van der Waals surface area contributed by atoms with E-state index in [2.05, 4.69) is 45.5 Å². The Labute approximate surface area is 157 Å². The van der Waals surface area contributed by atoms with Gasteiger partial charge in [0.1, 0.15) is 5.75 Å². The van der Waals surface area contributed by atoms with Gasteiger partial charge in [0.05, 0.1) is 0 Å². The Hall–Kier alpha value is -1.85. The van der Waals surface area contributed by atoms with Crippen molar-refractivity contribution in [1.29, 1.82) is 0 Å². The highest BCUT2D eigenvalue weighted by molar-refractivity contribution is 9.10. The lowest BCUT2D eigenvalue weighted by molar-refractivity contribution is -0.128. The third-order valence-electron chi connectivity index (χ3n) is 4.64. The summed E-state index contributed by atoms with van der Waals surface area (Å²) in [6.07, 6.45) is 1.66. The van der Waals surface area contributed by atoms with Crippen molar-refractivity contribution in [2.75, 3.05) is 6.54 Å². The molecule has 0 aliphatic carbocycles. The fourth-order valence-corrected chi connectivity index (χ4v) is 3.49. The smallest absolute Gasteiger partial charge is 0.222 e. The van der Waals surface area contributed by atoms with Gasteiger partial charge in [-0.1, -0.05) is 40.2 Å². The van der Waals surface area contributed by atoms with Crippen LogP contribution in [0.15, 0.2) is 46.9 Å². The van der Waals surface area contributed by atoms with Crippen LogP contribution in [0.2, 0.25) is 0 Å². The number of carbonyl (C=O) groups excluding carboxylic acids is 1. The lowest BCUT2D eigenvalue weighted by Crippen LogP contribution is -2.23. The zero-order valence-electron chi connectivity index (χ0n) is 14.3. The SMILES string of the molecule is C[C@@H](NCc1ccc(CN2CCCC2=O)cc1)c1cc(Br)ccc1O. The van der Waals surface area contributed by atoms with Crippen molar-refractivity contribution in [2.45, 2.75) is 38.9 Å². The number of hydrogen-bond acceptors (Lipinski definition) is 3. The normalized spacial score (nSPS) is 15.6. The quantitative estimate of drug-likeness (QED) is 0.763. The van der Waals surface area contributed by atoms with Crippen LogP contribution in [-0.4, -0.2) is 22.5 Å². The van der Waals surface area contributed by atoms with E-state index in [0.29, 0.717) is 18.7 Å². The first-order valence-corrected chi connectivity index (χ1v) is 9.39. The summed E-state index contributed by atoms with van der Waals surface area (Å²) in [6.45, 7) is 4.33. The van der Waals surface area contributed by atoms with Crippen molar-refractivity contribution < 1.29 is 9.90 Å². The first kappa shape index (κ1) is 18.0. The second-order valence-electron chi connectivity index (χ2n) is 6.54. The highest BCUT2D eigenvalue weighted by atomic mass is 79.9. The van der Waals surface area contributed by atoms with Gasteiger partial charge in [0.2, 0.25) is 5.91 Å². The van der Waals surface area contributed by atoms with E-state index in [0.717, 1.165) is 35.1 Å². The summed E-state index contributed by atoms with van der Waals surface area (Å²) in [5, 5.41) is 13.4. The van der Waals surface area contributed by atoms with Crippen LogP contribution in [-0.2, 0) is 17.9 Å². The van der Waals surface area contributed by atoms with Gasteiger partial charge in [-0.25, -0.2) is 0 Å². The third kappa shape index (κ3) is 4.61. The molecule has 5 heteroatoms. The number of hydrogen-bond donors (Lipinski definition) is 2. The molecule has 0 radical (unpaired) electrons. The van der Waals surface area contributed by atoms with Crippen molar-refractivity contribution in [3.05, 3.63) is 63.6 Å². The largest absolute Gasteiger partial charge is 0.508 e. The number of benzene rings is 2. The maximum absolute atomic E-state index is 11.7. The van der Waals surface area contributed by atoms with Crippen LogP contribution in [0.3, 0.4) is 0 Å². The maximum atomic E-state index is 11.7. The van der Waals surface area contributed by atoms with E-state index in [1.165, 1.54) is 5.56 Å². The predicted octanol–water partition coefficient (Wildman–Crippen LogP) is 4.13. The van der Waals surface area contributed by atoms with Crippen LogP contribution < -0.4 is 5.32 Å². The van der Waals surface area contributed by atoms with E-state index < -0.39 is 0 Å². The third-order valence-corrected chi connectivity index (χ3v) is 5.13. The number of aromatic hydroxyl groups is 1. The minimum atomic E-state index is 0.0411. The molecule has 1 fully saturated rings. The summed E-state index contributed by atoms with van der Waals surface area (Å²) >= 11 is 3.44. The molecule has 2 aromatic rings. The van der Waals surface area contributed by atoms with Crippen LogP contribution >= 0.6 is 15.9 Å². The van der Waals surface area contributed by atoms with Crippen molar-refractivity contribution in [1.82, 2.24) is 10.2 Å². The van der Waals surface area contributed by atoms with E-state index in [-0.39, 0.29) is 11.9 Å². The number of amides is 1. The van der Waals surface area contributed by atoms with E-state index in [9.17, 15) is 9.90 Å². The van der Waals surface area contributed by atoms with Crippen molar-refractivity contribution in [2.24, 2.45) is 0 Å². The number of likely N-dealkylation sites (tertiary alicyclic amines) is 1. The van der Waals surface area contributed by atoms with Gasteiger partial charge in [-0.2, -0.15) is 0 Å². The van der Waals surface area contributed by atoms with E-state index >= 15 is 0 Å². The lowest BCUT2D eigenvalue weighted by atomic mass is 10.1. The summed E-state index contributed by atoms with van der Waals surface area (Å²) in [6, 6.07) is 13.9. The molecule has 1 heterocycles. The van der Waals surface area contributed by atoms with Gasteiger partial charge in [-0.3, -0.25) is 4.79 Å². The zero-order chi connectivity index (χ0) is 17.8. The molecule has 3 rings (SSSR count). The molecule has 2 aromatic carbocycles. The molecule has 4 nitrogen and oxygen atoms in total. The standard InChI is InChI=1S/C20H23BrN2O2/c1-14(18-11-17(21)8-9-19(18)24)22-12-15-4-6-16(7-5-15)13-23-10-2-3-20(23)25/h4-9,11,14,22,24H,2-3,10,12-13H2,1H3/t14-/m1/s1. The van der Waals surface area contributed by atoms with Crippen molar-refractivity contribution >= 4 is 21.8 Å². The minimum absolute atomic E-state index is 0.0411. The second-order valence-corrected chi connectivity index (χ2v) is 7.46. The Morgan fingerprint density at radius 2 is 1.92 bits per heavy atom. The maximum Gasteiger partial charge on any atom is 0.222 e. The highest BCUT2D eigenvalue weighted by Gasteiger charge is 2.19. The summed E-state index contributed by atoms with van der Waals surface area (Å²) in [5.41, 5.74) is 3.22. The predicted molar refractivity (Wildman–Crippen MR) is 102 cm³/mol. The van der Waals surface area contributed by atoms with Gasteiger partial charge in [-0.15, -0.1) is 0 Å². The minimum Gasteiger partial charge on any atom is -0.508 e. The zero-order valence-corrected chi connectivity index (χ0v) is 15.9. The Bertz CT molecular complexity index is 746. The van der Waals surface area contributed by atoms with Gasteiger partial charge >= 0.3 is 0 Å². The van der Waals surface area contributed by atoms with Gasteiger partial charge in [0.25, 0.3) is 0 Å². The number of nitrogens with one attached hydrogen (secondary N) is 1. The topological polar surface area (TPSA) is 52.6 Å². The number of rotatable bonds is 6. The van der Waals surface area contributed by atoms with Gasteiger partial charge in [-0.05, 0) is 42.7 Å². The molecule has 0 spiro atoms. The highest BCUT2D eigenvalue weighted by Crippen LogP contribution is 2.27. The van der Waals surface area contributed by atoms with Gasteiger partial charge < -0.3 is 15.3 Å². The lowest BCUT2D eigenvalue weighted by Gasteiger charge is -2.17. The molecule has 1 aliphatic heterocycles. The Morgan fingerprint density at radius 1 is 1.20 bits per heavy atom. The Morgan fingerprint density at radius 3 is 2.60 bits per heavy atom. The molecule has 0 aromatic heterocycles. The van der Waals surface area contributed by atoms with Gasteiger partial charge in [0, 0.05) is 42.1 Å². The van der Waals surface area contributed by atoms with Crippen LogP contribution in [0.5, 0.6) is 5.75 Å². The van der Waals surface area contributed by atoms with E-state index in [1.807, 2.05) is 24.0 Å². The van der Waals surface area contributed by atoms with Crippen LogP contribution in [0, 0.1) is 0 Å². The molecule has 0 bridgehead atoms. The van der Waals surface area contributed by atoms with Crippen molar-refractivity contribution in [3.63, 3.8) is 0 Å². The molecule has 1 saturated heterocycles. The summed E-state index contributed by atoms with van der Waals surface area (Å²) in [7, 11) is 0. The first-order chi connectivity index (χ1) is 12.0. The average molecular weight is 403 g/mol. The van der Waals surface area contributed by atoms with E-state index in [4.69, 9.17) is 0 Å². The number of halogens is 1. The molecular weight excluding hydrogens is 380 g/mol. The van der Waals surface area contributed by atoms with Crippen LogP contribution in [0.25, 0.3) is 0 Å². The second kappa shape index (κ2) is 8.02. The number of nitrogens with zero attached hydrogens (tertiary/aromatic N) is 1. The molecular formula is C20H23BrN2O2. The molecule has 1 amide bonds. The average Bonchev–Trinajstić information content (AvgIpc) is 3.01. The molecule has 1 aliphatic rings. The molecule has 25 heavy (non-hydrogen) atoms. The fourth-order valence-electron chi connectivity index (χ4n) is 3.11. The monoisotopic (exact) mass is 402 g/mol. The van der Waals surface area contributed by atoms with Crippen molar-refractivity contribution in [3.8, 4) is 5.75 Å². The number of phenolic OH excluding ortho intramolecular Hbond substituents is 1. The van der Waals surface area contributed by atoms with Crippen LogP contribution in [0.4, 0.5) is 0 Å². The molecule has 2 N–H and O–H groups in total.